The Morgan fingerprint density at radius 3 is 3.15 bits per heavy atom. The predicted octanol–water partition coefficient (Wildman–Crippen LogP) is 2.07. The molecule has 1 aromatic rings. The summed E-state index contributed by atoms with van der Waals surface area (Å²) < 4.78 is 0. The summed E-state index contributed by atoms with van der Waals surface area (Å²) in [6.07, 6.45) is 1.95. The van der Waals surface area contributed by atoms with Gasteiger partial charge in [0.1, 0.15) is 18.8 Å². The number of nitrogens with zero attached hydrogens (tertiary/aromatic N) is 1. The van der Waals surface area contributed by atoms with Crippen molar-refractivity contribution in [2.45, 2.75) is 0 Å². The van der Waals surface area contributed by atoms with Crippen LogP contribution in [0.25, 0.3) is 0 Å². The number of anilines is 2. The Labute approximate surface area is 78.9 Å². The molecule has 1 aromatic carbocycles. The lowest BCUT2D eigenvalue weighted by Crippen LogP contribution is -2.34. The van der Waals surface area contributed by atoms with E-state index in [1.807, 2.05) is 6.08 Å². The van der Waals surface area contributed by atoms with E-state index in [1.165, 1.54) is 11.4 Å². The van der Waals surface area contributed by atoms with Crippen LogP contribution in [0.1, 0.15) is 0 Å². The van der Waals surface area contributed by atoms with Gasteiger partial charge in [-0.15, -0.1) is 4.90 Å². The van der Waals surface area contributed by atoms with Crippen LogP contribution in [0, 0.1) is 0 Å². The highest BCUT2D eigenvalue weighted by atomic mass is 15.2. The molecular weight excluding hydrogens is 160 g/mol. The first kappa shape index (κ1) is 8.32. The molecule has 0 aliphatic carbocycles. The predicted molar refractivity (Wildman–Crippen MR) is 56.7 cm³/mol. The second kappa shape index (κ2) is 3.62. The van der Waals surface area contributed by atoms with Crippen LogP contribution >= 0.6 is 0 Å². The molecule has 0 amide bonds. The lowest BCUT2D eigenvalue weighted by molar-refractivity contribution is 0.582. The maximum Gasteiger partial charge on any atom is 0.204 e. The van der Waals surface area contributed by atoms with Gasteiger partial charge in [-0.2, -0.15) is 0 Å². The van der Waals surface area contributed by atoms with Gasteiger partial charge in [-0.05, 0) is 12.1 Å². The van der Waals surface area contributed by atoms with Gasteiger partial charge in [0.25, 0.3) is 0 Å². The summed E-state index contributed by atoms with van der Waals surface area (Å²) >= 11 is 0. The van der Waals surface area contributed by atoms with Gasteiger partial charge in [0.15, 0.2) is 0 Å². The SMILES string of the molecule is C=CC[N+]1CCNc2ccccc21. The van der Waals surface area contributed by atoms with E-state index in [0.717, 1.165) is 19.6 Å². The van der Waals surface area contributed by atoms with Gasteiger partial charge in [-0.25, -0.2) is 0 Å². The van der Waals surface area contributed by atoms with Crippen molar-refractivity contribution in [3.8, 4) is 0 Å². The van der Waals surface area contributed by atoms with Gasteiger partial charge in [-0.1, -0.05) is 18.7 Å². The number of hydrogen-bond acceptors (Lipinski definition) is 2. The number of fused-ring (bicyclic) bond motifs is 1. The van der Waals surface area contributed by atoms with Crippen LogP contribution in [0.5, 0.6) is 0 Å². The standard InChI is InChI=1S/C11H14N2/c1-2-8-13-9-7-12-10-5-3-4-6-11(10)13/h2-6,12H,1,7-9H2/q+1. The van der Waals surface area contributed by atoms with E-state index < -0.39 is 0 Å². The van der Waals surface area contributed by atoms with Crippen LogP contribution in [0.2, 0.25) is 0 Å². The molecular formula is C11H14N2+. The minimum atomic E-state index is 0.929. The van der Waals surface area contributed by atoms with Gasteiger partial charge in [-0.3, -0.25) is 0 Å². The van der Waals surface area contributed by atoms with Crippen molar-refractivity contribution in [2.24, 2.45) is 0 Å². The van der Waals surface area contributed by atoms with Crippen LogP contribution in [0.3, 0.4) is 0 Å². The van der Waals surface area contributed by atoms with E-state index in [-0.39, 0.29) is 0 Å². The minimum absolute atomic E-state index is 0.929. The Kier molecular flexibility index (Phi) is 2.32. The Hall–Kier alpha value is -1.28. The first-order chi connectivity index (χ1) is 6.42. The van der Waals surface area contributed by atoms with Crippen molar-refractivity contribution in [2.75, 3.05) is 25.0 Å². The van der Waals surface area contributed by atoms with Crippen molar-refractivity contribution >= 4 is 11.4 Å². The van der Waals surface area contributed by atoms with Gasteiger partial charge in [0.2, 0.25) is 5.69 Å². The van der Waals surface area contributed by atoms with Crippen molar-refractivity contribution in [1.82, 2.24) is 4.90 Å². The molecule has 0 aromatic heterocycles. The summed E-state index contributed by atoms with van der Waals surface area (Å²) in [5.41, 5.74) is 2.52. The summed E-state index contributed by atoms with van der Waals surface area (Å²) in [6.45, 7) is 6.77. The molecule has 1 aliphatic rings. The zero-order valence-electron chi connectivity index (χ0n) is 7.66. The molecule has 0 fully saturated rings. The topological polar surface area (TPSA) is 17.9 Å². The van der Waals surface area contributed by atoms with E-state index in [2.05, 4.69) is 41.1 Å². The smallest absolute Gasteiger partial charge is 0.204 e. The van der Waals surface area contributed by atoms with Crippen molar-refractivity contribution < 1.29 is 0 Å². The van der Waals surface area contributed by atoms with Crippen LogP contribution in [0.4, 0.5) is 11.4 Å². The first-order valence-corrected chi connectivity index (χ1v) is 4.60. The van der Waals surface area contributed by atoms with Crippen molar-refractivity contribution in [3.63, 3.8) is 0 Å². The van der Waals surface area contributed by atoms with Crippen LogP contribution in [-0.2, 0) is 0 Å². The third-order valence-corrected chi connectivity index (χ3v) is 2.29. The Morgan fingerprint density at radius 2 is 2.31 bits per heavy atom. The van der Waals surface area contributed by atoms with Crippen LogP contribution in [0.15, 0.2) is 36.9 Å². The molecule has 1 radical (unpaired) electrons. The molecule has 0 saturated heterocycles. The molecule has 2 rings (SSSR count). The fourth-order valence-electron chi connectivity index (χ4n) is 1.69. The van der Waals surface area contributed by atoms with E-state index >= 15 is 0 Å². The van der Waals surface area contributed by atoms with Crippen molar-refractivity contribution in [3.05, 3.63) is 36.9 Å². The van der Waals surface area contributed by atoms with E-state index in [9.17, 15) is 0 Å². The Balaban J connectivity index is 2.31. The highest BCUT2D eigenvalue weighted by molar-refractivity contribution is 5.67. The Morgan fingerprint density at radius 1 is 1.46 bits per heavy atom. The molecule has 0 saturated carbocycles. The van der Waals surface area contributed by atoms with Gasteiger partial charge in [0, 0.05) is 6.07 Å². The summed E-state index contributed by atoms with van der Waals surface area (Å²) in [4.78, 5) is 2.33. The second-order valence-corrected chi connectivity index (χ2v) is 3.18. The lowest BCUT2D eigenvalue weighted by Gasteiger charge is -2.19. The normalized spacial score (nSPS) is 16.0. The summed E-state index contributed by atoms with van der Waals surface area (Å²) in [6, 6.07) is 8.39. The zero-order chi connectivity index (χ0) is 9.10. The fourth-order valence-corrected chi connectivity index (χ4v) is 1.69. The van der Waals surface area contributed by atoms with E-state index in [1.54, 1.807) is 0 Å². The molecule has 0 bridgehead atoms. The molecule has 0 spiro atoms. The zero-order valence-corrected chi connectivity index (χ0v) is 7.66. The molecule has 13 heavy (non-hydrogen) atoms. The fraction of sp³-hybridized carbons (Fsp3) is 0.273. The summed E-state index contributed by atoms with van der Waals surface area (Å²) in [7, 11) is 0. The molecule has 0 atom stereocenters. The molecule has 0 unspecified atom stereocenters. The quantitative estimate of drug-likeness (QED) is 0.537. The maximum atomic E-state index is 3.77. The largest absolute Gasteiger partial charge is 0.374 e. The van der Waals surface area contributed by atoms with E-state index in [0.29, 0.717) is 0 Å². The monoisotopic (exact) mass is 174 g/mol. The molecule has 1 heterocycles. The summed E-state index contributed by atoms with van der Waals surface area (Å²) in [5, 5.41) is 3.38. The third kappa shape index (κ3) is 1.58. The van der Waals surface area contributed by atoms with Gasteiger partial charge >= 0.3 is 0 Å². The van der Waals surface area contributed by atoms with Crippen LogP contribution < -0.4 is 10.2 Å². The van der Waals surface area contributed by atoms with Crippen LogP contribution in [-0.4, -0.2) is 19.6 Å². The highest BCUT2D eigenvalue weighted by Crippen LogP contribution is 2.27. The molecule has 2 heteroatoms. The first-order valence-electron chi connectivity index (χ1n) is 4.60. The number of nitrogens with one attached hydrogen (secondary N) is 1. The molecule has 2 nitrogen and oxygen atoms in total. The maximum absolute atomic E-state index is 3.77. The van der Waals surface area contributed by atoms with Crippen molar-refractivity contribution in [1.29, 1.82) is 0 Å². The average molecular weight is 174 g/mol. The molecule has 1 aliphatic heterocycles. The lowest BCUT2D eigenvalue weighted by atomic mass is 10.2. The number of para-hydroxylation sites is 2. The Bertz CT molecular complexity index is 307. The number of rotatable bonds is 2. The third-order valence-electron chi connectivity index (χ3n) is 2.29. The molecule has 67 valence electrons. The van der Waals surface area contributed by atoms with Gasteiger partial charge in [0.05, 0.1) is 6.54 Å². The van der Waals surface area contributed by atoms with Gasteiger partial charge < -0.3 is 5.32 Å². The van der Waals surface area contributed by atoms with E-state index in [4.69, 9.17) is 0 Å². The second-order valence-electron chi connectivity index (χ2n) is 3.18. The highest BCUT2D eigenvalue weighted by Gasteiger charge is 2.24. The number of hydrogen-bond donors (Lipinski definition) is 1. The summed E-state index contributed by atoms with van der Waals surface area (Å²) in [5.74, 6) is 0. The minimum Gasteiger partial charge on any atom is -0.374 e. The number of benzene rings is 1. The molecule has 1 N–H and O–H groups in total. The average Bonchev–Trinajstić information content (AvgIpc) is 2.19.